The van der Waals surface area contributed by atoms with E-state index in [0.717, 1.165) is 30.6 Å². The Morgan fingerprint density at radius 1 is 1.26 bits per heavy atom. The van der Waals surface area contributed by atoms with Gasteiger partial charge in [0.1, 0.15) is 0 Å². The Kier molecular flexibility index (Phi) is 6.02. The molecule has 1 aromatic rings. The van der Waals surface area contributed by atoms with Gasteiger partial charge >= 0.3 is 6.03 Å². The van der Waals surface area contributed by atoms with Gasteiger partial charge in [0, 0.05) is 31.2 Å². The summed E-state index contributed by atoms with van der Waals surface area (Å²) in [4.78, 5) is 26.0. The molecule has 126 valence electrons. The van der Waals surface area contributed by atoms with Gasteiger partial charge in [0.15, 0.2) is 0 Å². The van der Waals surface area contributed by atoms with Gasteiger partial charge in [-0.3, -0.25) is 4.79 Å². The number of nitrogens with zero attached hydrogens (tertiary/aromatic N) is 1. The van der Waals surface area contributed by atoms with E-state index in [1.807, 2.05) is 43.0 Å². The molecule has 23 heavy (non-hydrogen) atoms. The molecule has 0 bridgehead atoms. The summed E-state index contributed by atoms with van der Waals surface area (Å²) >= 11 is 0. The summed E-state index contributed by atoms with van der Waals surface area (Å²) in [6.07, 6.45) is 2.28. The highest BCUT2D eigenvalue weighted by molar-refractivity contribution is 5.94. The van der Waals surface area contributed by atoms with Gasteiger partial charge in [-0.15, -0.1) is 0 Å². The van der Waals surface area contributed by atoms with E-state index in [0.29, 0.717) is 12.5 Å². The lowest BCUT2D eigenvalue weighted by Gasteiger charge is -2.31. The Hall–Kier alpha value is -2.04. The Morgan fingerprint density at radius 2 is 1.96 bits per heavy atom. The normalized spacial score (nSPS) is 17.9. The zero-order valence-electron chi connectivity index (χ0n) is 14.3. The van der Waals surface area contributed by atoms with Crippen LogP contribution in [0.3, 0.4) is 0 Å². The fraction of sp³-hybridized carbons (Fsp3) is 0.556. The third kappa shape index (κ3) is 5.27. The number of benzene rings is 1. The second-order valence-electron chi connectivity index (χ2n) is 6.68. The van der Waals surface area contributed by atoms with Crippen molar-refractivity contribution < 1.29 is 9.59 Å². The number of amides is 3. The Labute approximate surface area is 138 Å². The SMILES string of the molecule is CC(C)NC(=O)NCc1ccc(C(=O)N2CCC[C@H](C)C2)cc1. The molecule has 0 saturated carbocycles. The van der Waals surface area contributed by atoms with E-state index >= 15 is 0 Å². The molecule has 5 heteroatoms. The van der Waals surface area contributed by atoms with Gasteiger partial charge in [-0.05, 0) is 50.3 Å². The van der Waals surface area contributed by atoms with Gasteiger partial charge in [0.05, 0.1) is 0 Å². The van der Waals surface area contributed by atoms with Crippen molar-refractivity contribution in [2.75, 3.05) is 13.1 Å². The molecule has 3 amide bonds. The van der Waals surface area contributed by atoms with Crippen molar-refractivity contribution in [2.24, 2.45) is 5.92 Å². The maximum Gasteiger partial charge on any atom is 0.315 e. The number of hydrogen-bond donors (Lipinski definition) is 2. The van der Waals surface area contributed by atoms with Crippen LogP contribution >= 0.6 is 0 Å². The fourth-order valence-corrected chi connectivity index (χ4v) is 2.82. The number of nitrogens with one attached hydrogen (secondary N) is 2. The Morgan fingerprint density at radius 3 is 2.57 bits per heavy atom. The lowest BCUT2D eigenvalue weighted by atomic mass is 9.99. The van der Waals surface area contributed by atoms with Crippen molar-refractivity contribution in [3.63, 3.8) is 0 Å². The summed E-state index contributed by atoms with van der Waals surface area (Å²) in [5.74, 6) is 0.684. The van der Waals surface area contributed by atoms with Crippen LogP contribution in [0, 0.1) is 5.92 Å². The molecule has 0 aromatic heterocycles. The smallest absolute Gasteiger partial charge is 0.315 e. The predicted molar refractivity (Wildman–Crippen MR) is 91.3 cm³/mol. The van der Waals surface area contributed by atoms with Crippen LogP contribution in [0.5, 0.6) is 0 Å². The quantitative estimate of drug-likeness (QED) is 0.897. The predicted octanol–water partition coefficient (Wildman–Crippen LogP) is 2.77. The fourth-order valence-electron chi connectivity index (χ4n) is 2.82. The first kappa shape index (κ1) is 17.3. The molecular formula is C18H27N3O2. The van der Waals surface area contributed by atoms with Crippen molar-refractivity contribution in [1.82, 2.24) is 15.5 Å². The molecule has 0 unspecified atom stereocenters. The highest BCUT2D eigenvalue weighted by Gasteiger charge is 2.21. The zero-order chi connectivity index (χ0) is 16.8. The van der Waals surface area contributed by atoms with E-state index in [9.17, 15) is 9.59 Å². The van der Waals surface area contributed by atoms with Crippen LogP contribution in [-0.2, 0) is 6.54 Å². The summed E-state index contributed by atoms with van der Waals surface area (Å²) in [7, 11) is 0. The molecule has 1 aliphatic heterocycles. The molecule has 1 atom stereocenters. The second-order valence-corrected chi connectivity index (χ2v) is 6.68. The number of urea groups is 1. The van der Waals surface area contributed by atoms with Crippen LogP contribution in [0.15, 0.2) is 24.3 Å². The maximum absolute atomic E-state index is 12.5. The number of carbonyl (C=O) groups is 2. The van der Waals surface area contributed by atoms with E-state index in [1.165, 1.54) is 6.42 Å². The van der Waals surface area contributed by atoms with E-state index in [1.54, 1.807) is 0 Å². The summed E-state index contributed by atoms with van der Waals surface area (Å²) in [6.45, 7) is 8.17. The Bertz CT molecular complexity index is 540. The van der Waals surface area contributed by atoms with Crippen LogP contribution in [0.25, 0.3) is 0 Å². The molecule has 1 aliphatic rings. The van der Waals surface area contributed by atoms with E-state index in [4.69, 9.17) is 0 Å². The molecule has 1 saturated heterocycles. The van der Waals surface area contributed by atoms with Gasteiger partial charge in [0.25, 0.3) is 5.91 Å². The minimum atomic E-state index is -0.178. The van der Waals surface area contributed by atoms with Gasteiger partial charge in [-0.1, -0.05) is 19.1 Å². The summed E-state index contributed by atoms with van der Waals surface area (Å²) < 4.78 is 0. The van der Waals surface area contributed by atoms with Crippen LogP contribution in [-0.4, -0.2) is 36.0 Å². The number of hydrogen-bond acceptors (Lipinski definition) is 2. The monoisotopic (exact) mass is 317 g/mol. The molecule has 0 aliphatic carbocycles. The molecule has 1 aromatic carbocycles. The maximum atomic E-state index is 12.5. The minimum absolute atomic E-state index is 0.105. The second kappa shape index (κ2) is 7.99. The Balaban J connectivity index is 1.88. The molecule has 1 heterocycles. The molecule has 1 fully saturated rings. The molecule has 2 rings (SSSR count). The van der Waals surface area contributed by atoms with Gasteiger partial charge < -0.3 is 15.5 Å². The average molecular weight is 317 g/mol. The van der Waals surface area contributed by atoms with Crippen molar-refractivity contribution in [1.29, 1.82) is 0 Å². The lowest BCUT2D eigenvalue weighted by molar-refractivity contribution is 0.0683. The first-order valence-corrected chi connectivity index (χ1v) is 8.38. The van der Waals surface area contributed by atoms with Crippen LogP contribution in [0.1, 0.15) is 49.5 Å². The summed E-state index contributed by atoms with van der Waals surface area (Å²) in [5.41, 5.74) is 1.70. The average Bonchev–Trinajstić information content (AvgIpc) is 2.52. The number of piperidine rings is 1. The zero-order valence-corrected chi connectivity index (χ0v) is 14.3. The molecule has 0 radical (unpaired) electrons. The van der Waals surface area contributed by atoms with Crippen molar-refractivity contribution in [3.05, 3.63) is 35.4 Å². The molecule has 2 N–H and O–H groups in total. The van der Waals surface area contributed by atoms with Crippen LogP contribution < -0.4 is 10.6 Å². The largest absolute Gasteiger partial charge is 0.338 e. The van der Waals surface area contributed by atoms with E-state index < -0.39 is 0 Å². The molecular weight excluding hydrogens is 290 g/mol. The van der Waals surface area contributed by atoms with Gasteiger partial charge in [-0.25, -0.2) is 4.79 Å². The number of rotatable bonds is 4. The third-order valence-electron chi connectivity index (χ3n) is 4.02. The molecule has 5 nitrogen and oxygen atoms in total. The van der Waals surface area contributed by atoms with Gasteiger partial charge in [0.2, 0.25) is 0 Å². The standard InChI is InChI=1S/C18H27N3O2/c1-13(2)20-18(23)19-11-15-6-8-16(9-7-15)17(22)21-10-4-5-14(3)12-21/h6-9,13-14H,4-5,10-12H2,1-3H3,(H2,19,20,23)/t14-/m0/s1. The molecule has 0 spiro atoms. The van der Waals surface area contributed by atoms with Crippen LogP contribution in [0.4, 0.5) is 4.79 Å². The van der Waals surface area contributed by atoms with E-state index in [2.05, 4.69) is 17.6 Å². The topological polar surface area (TPSA) is 61.4 Å². The lowest BCUT2D eigenvalue weighted by Crippen LogP contribution is -2.39. The summed E-state index contributed by atoms with van der Waals surface area (Å²) in [5, 5.41) is 5.58. The van der Waals surface area contributed by atoms with Crippen molar-refractivity contribution in [3.8, 4) is 0 Å². The minimum Gasteiger partial charge on any atom is -0.338 e. The van der Waals surface area contributed by atoms with Gasteiger partial charge in [-0.2, -0.15) is 0 Å². The summed E-state index contributed by atoms with van der Waals surface area (Å²) in [6, 6.07) is 7.43. The highest BCUT2D eigenvalue weighted by Crippen LogP contribution is 2.18. The first-order chi connectivity index (χ1) is 11.0. The van der Waals surface area contributed by atoms with Crippen LogP contribution in [0.2, 0.25) is 0 Å². The van der Waals surface area contributed by atoms with Crippen molar-refractivity contribution in [2.45, 2.75) is 46.2 Å². The third-order valence-corrected chi connectivity index (χ3v) is 4.02. The van der Waals surface area contributed by atoms with Crippen molar-refractivity contribution >= 4 is 11.9 Å². The number of carbonyl (C=O) groups excluding carboxylic acids is 2. The first-order valence-electron chi connectivity index (χ1n) is 8.38. The number of likely N-dealkylation sites (tertiary alicyclic amines) is 1. The highest BCUT2D eigenvalue weighted by atomic mass is 16.2. The van der Waals surface area contributed by atoms with E-state index in [-0.39, 0.29) is 18.0 Å².